The van der Waals surface area contributed by atoms with Crippen LogP contribution in [0.2, 0.25) is 0 Å². The third-order valence-corrected chi connectivity index (χ3v) is 2.76. The highest BCUT2D eigenvalue weighted by molar-refractivity contribution is 5.90. The molecule has 0 bridgehead atoms. The maximum atomic E-state index is 13.5. The average Bonchev–Trinajstić information content (AvgIpc) is 2.46. The Bertz CT molecular complexity index is 866. The van der Waals surface area contributed by atoms with Gasteiger partial charge in [-0.25, -0.2) is 18.0 Å². The largest absolute Gasteiger partial charge is 0.417 e. The van der Waals surface area contributed by atoms with Crippen LogP contribution >= 0.6 is 0 Å². The Labute approximate surface area is 129 Å². The number of esters is 1. The molecule has 0 amide bonds. The lowest BCUT2D eigenvalue weighted by Crippen LogP contribution is -2.06. The van der Waals surface area contributed by atoms with Crippen LogP contribution in [0.4, 0.5) is 13.2 Å². The second kappa shape index (κ2) is 6.67. The van der Waals surface area contributed by atoms with Crippen LogP contribution in [0.15, 0.2) is 30.3 Å². The Morgan fingerprint density at radius 1 is 1.09 bits per heavy atom. The number of hydrogen-bond acceptors (Lipinski definition) is 3. The Morgan fingerprint density at radius 3 is 2.30 bits per heavy atom. The van der Waals surface area contributed by atoms with Crippen molar-refractivity contribution in [2.45, 2.75) is 6.92 Å². The van der Waals surface area contributed by atoms with E-state index in [2.05, 4.69) is 10.7 Å². The quantitative estimate of drug-likeness (QED) is 0.461. The number of carbonyl (C=O) groups is 1. The molecule has 0 spiro atoms. The first kappa shape index (κ1) is 16.1. The summed E-state index contributed by atoms with van der Waals surface area (Å²) < 4.78 is 44.9. The number of nitriles is 1. The fourth-order valence-electron chi connectivity index (χ4n) is 1.69. The third kappa shape index (κ3) is 3.90. The highest BCUT2D eigenvalue weighted by Crippen LogP contribution is 2.20. The van der Waals surface area contributed by atoms with Crippen molar-refractivity contribution in [3.63, 3.8) is 0 Å². The summed E-state index contributed by atoms with van der Waals surface area (Å²) in [6, 6.07) is 6.98. The minimum Gasteiger partial charge on any atom is -0.417 e. The molecule has 2 aromatic carbocycles. The lowest BCUT2D eigenvalue weighted by atomic mass is 10.1. The third-order valence-electron chi connectivity index (χ3n) is 2.76. The molecule has 6 heteroatoms. The molecule has 0 saturated carbocycles. The van der Waals surface area contributed by atoms with Gasteiger partial charge >= 0.3 is 5.97 Å². The van der Waals surface area contributed by atoms with Gasteiger partial charge in [-0.15, -0.1) is 0 Å². The van der Waals surface area contributed by atoms with Gasteiger partial charge in [-0.1, -0.05) is 12.0 Å². The van der Waals surface area contributed by atoms with Gasteiger partial charge in [0, 0.05) is 18.1 Å². The first-order valence-corrected chi connectivity index (χ1v) is 6.30. The Balaban J connectivity index is 2.18. The van der Waals surface area contributed by atoms with E-state index >= 15 is 0 Å². The van der Waals surface area contributed by atoms with E-state index in [1.807, 2.05) is 5.92 Å². The van der Waals surface area contributed by atoms with E-state index in [1.165, 1.54) is 18.2 Å². The number of hydrogen-bond donors (Lipinski definition) is 0. The van der Waals surface area contributed by atoms with Crippen LogP contribution in [0.25, 0.3) is 0 Å². The van der Waals surface area contributed by atoms with Gasteiger partial charge in [0.15, 0.2) is 0 Å². The molecule has 0 heterocycles. The van der Waals surface area contributed by atoms with Gasteiger partial charge in [0.25, 0.3) is 0 Å². The number of carbonyl (C=O) groups excluding carboxylic acids is 1. The predicted molar refractivity (Wildman–Crippen MR) is 74.7 cm³/mol. The van der Waals surface area contributed by atoms with E-state index in [0.29, 0.717) is 17.7 Å². The number of aryl methyl sites for hydroxylation is 1. The van der Waals surface area contributed by atoms with Crippen LogP contribution in [0.3, 0.4) is 0 Å². The molecule has 0 saturated heterocycles. The summed E-state index contributed by atoms with van der Waals surface area (Å²) in [7, 11) is 0. The zero-order chi connectivity index (χ0) is 17.0. The normalized spacial score (nSPS) is 9.52. The summed E-state index contributed by atoms with van der Waals surface area (Å²) in [6.07, 6.45) is 0. The molecule has 2 aromatic rings. The number of benzene rings is 2. The molecule has 114 valence electrons. The summed E-state index contributed by atoms with van der Waals surface area (Å²) in [5.41, 5.74) is -0.0958. The topological polar surface area (TPSA) is 50.1 Å². The van der Waals surface area contributed by atoms with Gasteiger partial charge in [-0.05, 0) is 24.6 Å². The highest BCUT2D eigenvalue weighted by atomic mass is 19.1. The van der Waals surface area contributed by atoms with Crippen molar-refractivity contribution in [1.82, 2.24) is 0 Å². The van der Waals surface area contributed by atoms with E-state index in [1.54, 1.807) is 13.0 Å². The molecule has 23 heavy (non-hydrogen) atoms. The van der Waals surface area contributed by atoms with Gasteiger partial charge in [0.2, 0.25) is 0 Å². The van der Waals surface area contributed by atoms with E-state index < -0.39 is 34.7 Å². The predicted octanol–water partition coefficient (Wildman–Crippen LogP) is 3.24. The molecule has 0 aliphatic heterocycles. The summed E-state index contributed by atoms with van der Waals surface area (Å²) in [5.74, 6) is -0.188. The van der Waals surface area contributed by atoms with E-state index in [4.69, 9.17) is 5.26 Å². The van der Waals surface area contributed by atoms with Crippen LogP contribution in [-0.4, -0.2) is 5.97 Å². The first-order valence-electron chi connectivity index (χ1n) is 6.30. The second-order valence-corrected chi connectivity index (χ2v) is 4.50. The lowest BCUT2D eigenvalue weighted by molar-refractivity contribution is -0.128. The molecule has 0 aliphatic rings. The van der Waals surface area contributed by atoms with Crippen LogP contribution in [0.5, 0.6) is 5.75 Å². The Hall–Kier alpha value is -3.25. The molecule has 0 radical (unpaired) electrons. The summed E-state index contributed by atoms with van der Waals surface area (Å²) in [6.45, 7) is 1.70. The minimum atomic E-state index is -1.16. The lowest BCUT2D eigenvalue weighted by Gasteiger charge is -2.02. The maximum absolute atomic E-state index is 13.5. The smallest absolute Gasteiger partial charge is 0.390 e. The fraction of sp³-hybridized carbons (Fsp3) is 0.0588. The zero-order valence-corrected chi connectivity index (χ0v) is 11.8. The number of nitrogens with zero attached hydrogens (tertiary/aromatic N) is 1. The summed E-state index contributed by atoms with van der Waals surface area (Å²) in [4.78, 5) is 11.5. The van der Waals surface area contributed by atoms with Crippen molar-refractivity contribution < 1.29 is 22.7 Å². The van der Waals surface area contributed by atoms with Crippen LogP contribution < -0.4 is 4.74 Å². The molecule has 0 N–H and O–H groups in total. The molecular formula is C17H8F3NO2. The van der Waals surface area contributed by atoms with E-state index in [9.17, 15) is 18.0 Å². The Kier molecular flexibility index (Phi) is 4.68. The van der Waals surface area contributed by atoms with E-state index in [-0.39, 0.29) is 5.56 Å². The van der Waals surface area contributed by atoms with Gasteiger partial charge in [-0.2, -0.15) is 5.26 Å². The van der Waals surface area contributed by atoms with Crippen molar-refractivity contribution >= 4 is 5.97 Å². The van der Waals surface area contributed by atoms with Gasteiger partial charge in [0.05, 0.1) is 5.56 Å². The van der Waals surface area contributed by atoms with Crippen LogP contribution in [0.1, 0.15) is 16.7 Å². The van der Waals surface area contributed by atoms with Crippen molar-refractivity contribution in [3.8, 4) is 23.7 Å². The van der Waals surface area contributed by atoms with E-state index in [0.717, 1.165) is 0 Å². The number of ether oxygens (including phenoxy) is 1. The van der Waals surface area contributed by atoms with Gasteiger partial charge < -0.3 is 4.74 Å². The van der Waals surface area contributed by atoms with Gasteiger partial charge in [0.1, 0.15) is 34.8 Å². The molecule has 3 nitrogen and oxygen atoms in total. The molecule has 0 atom stereocenters. The van der Waals surface area contributed by atoms with Crippen molar-refractivity contribution in [3.05, 3.63) is 64.5 Å². The molecule has 0 aromatic heterocycles. The molecule has 0 fully saturated rings. The number of rotatable bonds is 1. The monoisotopic (exact) mass is 315 g/mol. The minimum absolute atomic E-state index is 0.00950. The van der Waals surface area contributed by atoms with Gasteiger partial charge in [-0.3, -0.25) is 0 Å². The highest BCUT2D eigenvalue weighted by Gasteiger charge is 2.13. The van der Waals surface area contributed by atoms with Crippen molar-refractivity contribution in [2.24, 2.45) is 0 Å². The fourth-order valence-corrected chi connectivity index (χ4v) is 1.69. The van der Waals surface area contributed by atoms with Crippen LogP contribution in [-0.2, 0) is 4.79 Å². The standard InChI is InChI=1S/C17H8F3NO2/c1-10-2-3-11(14(18)6-10)4-5-17(22)23-12-7-15(19)13(9-21)16(20)8-12/h2-3,6-8H,1H3. The molecule has 0 unspecified atom stereocenters. The van der Waals surface area contributed by atoms with Crippen LogP contribution in [0, 0.1) is 47.5 Å². The second-order valence-electron chi connectivity index (χ2n) is 4.50. The van der Waals surface area contributed by atoms with Crippen molar-refractivity contribution in [1.29, 1.82) is 5.26 Å². The number of halogens is 3. The SMILES string of the molecule is Cc1ccc(C#CC(=O)Oc2cc(F)c(C#N)c(F)c2)c(F)c1. The molecule has 2 rings (SSSR count). The maximum Gasteiger partial charge on any atom is 0.390 e. The zero-order valence-electron chi connectivity index (χ0n) is 11.8. The first-order chi connectivity index (χ1) is 10.9. The summed E-state index contributed by atoms with van der Waals surface area (Å²) in [5, 5.41) is 8.53. The summed E-state index contributed by atoms with van der Waals surface area (Å²) >= 11 is 0. The molecular weight excluding hydrogens is 307 g/mol. The van der Waals surface area contributed by atoms with Crippen molar-refractivity contribution in [2.75, 3.05) is 0 Å². The average molecular weight is 315 g/mol. The molecule has 0 aliphatic carbocycles. The Morgan fingerprint density at radius 2 is 1.74 bits per heavy atom.